The SMILES string of the molecule is CCN(CC)c1ccc(C=NC[C@@H](c2ccccc2)[NH+]2CCCC2)c(O)c1. The molecule has 1 atom stereocenters. The van der Waals surface area contributed by atoms with E-state index in [0.29, 0.717) is 11.8 Å². The lowest BCUT2D eigenvalue weighted by Gasteiger charge is -2.23. The normalized spacial score (nSPS) is 16.1. The number of phenols is 1. The Morgan fingerprint density at radius 3 is 2.41 bits per heavy atom. The highest BCUT2D eigenvalue weighted by Gasteiger charge is 2.26. The monoisotopic (exact) mass is 366 g/mol. The van der Waals surface area contributed by atoms with Gasteiger partial charge in [-0.1, -0.05) is 30.3 Å². The fourth-order valence-corrected chi connectivity index (χ4v) is 4.02. The lowest BCUT2D eigenvalue weighted by molar-refractivity contribution is -0.918. The summed E-state index contributed by atoms with van der Waals surface area (Å²) < 4.78 is 0. The number of benzene rings is 2. The molecule has 1 fully saturated rings. The van der Waals surface area contributed by atoms with E-state index in [-0.39, 0.29) is 0 Å². The molecule has 0 saturated carbocycles. The molecule has 0 aromatic heterocycles. The van der Waals surface area contributed by atoms with Crippen molar-refractivity contribution in [1.29, 1.82) is 0 Å². The highest BCUT2D eigenvalue weighted by molar-refractivity contribution is 5.84. The standard InChI is InChI=1S/C23H31N3O/c1-3-25(4-2)21-13-12-20(23(27)16-21)17-24-18-22(26-14-8-9-15-26)19-10-6-5-7-11-19/h5-7,10-13,16-17,22,27H,3-4,8-9,14-15,18H2,1-2H3/p+1/t22-/m0/s1. The number of likely N-dealkylation sites (tertiary alicyclic amines) is 1. The maximum Gasteiger partial charge on any atom is 0.133 e. The van der Waals surface area contributed by atoms with Gasteiger partial charge in [0.05, 0.1) is 19.6 Å². The number of hydrogen-bond donors (Lipinski definition) is 2. The molecule has 1 aliphatic heterocycles. The van der Waals surface area contributed by atoms with Crippen LogP contribution in [0.5, 0.6) is 5.75 Å². The summed E-state index contributed by atoms with van der Waals surface area (Å²) >= 11 is 0. The van der Waals surface area contributed by atoms with Gasteiger partial charge in [-0.05, 0) is 26.0 Å². The van der Waals surface area contributed by atoms with Gasteiger partial charge in [0, 0.05) is 55.0 Å². The third-order valence-corrected chi connectivity index (χ3v) is 5.60. The predicted molar refractivity (Wildman–Crippen MR) is 113 cm³/mol. The molecule has 4 nitrogen and oxygen atoms in total. The lowest BCUT2D eigenvalue weighted by Crippen LogP contribution is -3.10. The fraction of sp³-hybridized carbons (Fsp3) is 0.435. The van der Waals surface area contributed by atoms with E-state index in [1.54, 1.807) is 4.90 Å². The Balaban J connectivity index is 1.72. The fourth-order valence-electron chi connectivity index (χ4n) is 4.02. The van der Waals surface area contributed by atoms with Crippen LogP contribution in [0.25, 0.3) is 0 Å². The van der Waals surface area contributed by atoms with Crippen LogP contribution < -0.4 is 9.80 Å². The molecule has 4 heteroatoms. The van der Waals surface area contributed by atoms with E-state index >= 15 is 0 Å². The second kappa shape index (κ2) is 9.56. The molecule has 1 heterocycles. The molecule has 2 N–H and O–H groups in total. The van der Waals surface area contributed by atoms with E-state index in [1.165, 1.54) is 31.5 Å². The van der Waals surface area contributed by atoms with Crippen LogP contribution in [-0.2, 0) is 0 Å². The van der Waals surface area contributed by atoms with E-state index in [4.69, 9.17) is 4.99 Å². The lowest BCUT2D eigenvalue weighted by atomic mass is 10.1. The molecule has 27 heavy (non-hydrogen) atoms. The van der Waals surface area contributed by atoms with Gasteiger partial charge >= 0.3 is 0 Å². The van der Waals surface area contributed by atoms with Gasteiger partial charge in [-0.25, -0.2) is 0 Å². The summed E-state index contributed by atoms with van der Waals surface area (Å²) in [6.07, 6.45) is 4.43. The summed E-state index contributed by atoms with van der Waals surface area (Å²) in [5, 5.41) is 10.4. The number of quaternary nitrogens is 1. The van der Waals surface area contributed by atoms with Crippen molar-refractivity contribution < 1.29 is 10.0 Å². The van der Waals surface area contributed by atoms with Gasteiger partial charge < -0.3 is 14.9 Å². The quantitative estimate of drug-likeness (QED) is 0.705. The molecular formula is C23H32N3O+. The smallest absolute Gasteiger partial charge is 0.133 e. The van der Waals surface area contributed by atoms with Crippen molar-refractivity contribution in [1.82, 2.24) is 0 Å². The Hall–Kier alpha value is -2.33. The van der Waals surface area contributed by atoms with Crippen molar-refractivity contribution in [3.8, 4) is 5.75 Å². The second-order valence-corrected chi connectivity index (χ2v) is 7.24. The maximum absolute atomic E-state index is 10.4. The minimum Gasteiger partial charge on any atom is -0.507 e. The molecule has 3 rings (SSSR count). The summed E-state index contributed by atoms with van der Waals surface area (Å²) in [7, 11) is 0. The number of rotatable bonds is 8. The van der Waals surface area contributed by atoms with Gasteiger partial charge in [0.1, 0.15) is 11.8 Å². The van der Waals surface area contributed by atoms with Gasteiger partial charge in [0.2, 0.25) is 0 Å². The zero-order chi connectivity index (χ0) is 19.1. The van der Waals surface area contributed by atoms with E-state index in [2.05, 4.69) is 55.1 Å². The van der Waals surface area contributed by atoms with Crippen LogP contribution in [0.3, 0.4) is 0 Å². The molecule has 0 amide bonds. The highest BCUT2D eigenvalue weighted by atomic mass is 16.3. The van der Waals surface area contributed by atoms with Crippen LogP contribution in [0.4, 0.5) is 5.69 Å². The summed E-state index contributed by atoms with van der Waals surface area (Å²) in [5.74, 6) is 0.299. The Morgan fingerprint density at radius 2 is 1.78 bits per heavy atom. The highest BCUT2D eigenvalue weighted by Crippen LogP contribution is 2.23. The van der Waals surface area contributed by atoms with Crippen molar-refractivity contribution in [3.05, 3.63) is 59.7 Å². The van der Waals surface area contributed by atoms with Gasteiger partial charge in [0.25, 0.3) is 0 Å². The zero-order valence-corrected chi connectivity index (χ0v) is 16.6. The molecule has 0 spiro atoms. The van der Waals surface area contributed by atoms with Crippen molar-refractivity contribution in [3.63, 3.8) is 0 Å². The van der Waals surface area contributed by atoms with Crippen LogP contribution in [0.15, 0.2) is 53.5 Å². The largest absolute Gasteiger partial charge is 0.507 e. The molecule has 0 unspecified atom stereocenters. The van der Waals surface area contributed by atoms with Gasteiger partial charge in [-0.2, -0.15) is 0 Å². The summed E-state index contributed by atoms with van der Waals surface area (Å²) in [4.78, 5) is 8.57. The zero-order valence-electron chi connectivity index (χ0n) is 16.6. The van der Waals surface area contributed by atoms with Crippen molar-refractivity contribution in [2.24, 2.45) is 4.99 Å². The number of hydrogen-bond acceptors (Lipinski definition) is 3. The summed E-state index contributed by atoms with van der Waals surface area (Å²) in [5.41, 5.74) is 3.19. The molecule has 144 valence electrons. The minimum atomic E-state index is 0.299. The molecule has 0 bridgehead atoms. The number of anilines is 1. The second-order valence-electron chi connectivity index (χ2n) is 7.24. The van der Waals surface area contributed by atoms with Gasteiger partial charge in [-0.3, -0.25) is 4.99 Å². The Kier molecular flexibility index (Phi) is 6.88. The van der Waals surface area contributed by atoms with Crippen LogP contribution in [0.2, 0.25) is 0 Å². The van der Waals surface area contributed by atoms with Crippen LogP contribution in [-0.4, -0.2) is 44.0 Å². The van der Waals surface area contributed by atoms with Crippen LogP contribution >= 0.6 is 0 Å². The Labute approximate surface area is 163 Å². The summed E-state index contributed by atoms with van der Waals surface area (Å²) in [6.45, 7) is 9.30. The first-order valence-corrected chi connectivity index (χ1v) is 10.2. The van der Waals surface area contributed by atoms with E-state index in [9.17, 15) is 5.11 Å². The van der Waals surface area contributed by atoms with E-state index in [0.717, 1.165) is 30.9 Å². The van der Waals surface area contributed by atoms with Crippen LogP contribution in [0.1, 0.15) is 43.9 Å². The van der Waals surface area contributed by atoms with Crippen molar-refractivity contribution >= 4 is 11.9 Å². The van der Waals surface area contributed by atoms with Crippen LogP contribution in [0, 0.1) is 0 Å². The molecule has 2 aromatic carbocycles. The molecule has 0 radical (unpaired) electrons. The van der Waals surface area contributed by atoms with E-state index < -0.39 is 0 Å². The first-order chi connectivity index (χ1) is 13.2. The molecular weight excluding hydrogens is 334 g/mol. The molecule has 2 aromatic rings. The number of aliphatic imine (C=N–C) groups is 1. The van der Waals surface area contributed by atoms with E-state index in [1.807, 2.05) is 18.3 Å². The molecule has 1 aliphatic rings. The Morgan fingerprint density at radius 1 is 1.07 bits per heavy atom. The van der Waals surface area contributed by atoms with Crippen molar-refractivity contribution in [2.45, 2.75) is 32.7 Å². The average Bonchev–Trinajstić information content (AvgIpc) is 3.23. The molecule has 1 saturated heterocycles. The Bertz CT molecular complexity index is 735. The number of phenolic OH excluding ortho intramolecular Hbond substituents is 1. The maximum atomic E-state index is 10.4. The van der Waals surface area contributed by atoms with Gasteiger partial charge in [-0.15, -0.1) is 0 Å². The third-order valence-electron chi connectivity index (χ3n) is 5.60. The summed E-state index contributed by atoms with van der Waals surface area (Å²) in [6, 6.07) is 17.0. The minimum absolute atomic E-state index is 0.299. The number of nitrogens with zero attached hydrogens (tertiary/aromatic N) is 2. The predicted octanol–water partition coefficient (Wildman–Crippen LogP) is 3.08. The first-order valence-electron chi connectivity index (χ1n) is 10.2. The van der Waals surface area contributed by atoms with Crippen molar-refractivity contribution in [2.75, 3.05) is 37.6 Å². The molecule has 0 aliphatic carbocycles. The first kappa shape index (κ1) is 19.4. The van der Waals surface area contributed by atoms with Gasteiger partial charge in [0.15, 0.2) is 0 Å². The average molecular weight is 367 g/mol. The number of aromatic hydroxyl groups is 1. The third kappa shape index (κ3) is 4.89. The number of nitrogens with one attached hydrogen (secondary N) is 1. The topological polar surface area (TPSA) is 40.3 Å².